The summed E-state index contributed by atoms with van der Waals surface area (Å²) < 4.78 is 29.8. The van der Waals surface area contributed by atoms with E-state index in [9.17, 15) is 24.3 Å². The summed E-state index contributed by atoms with van der Waals surface area (Å²) in [6.07, 6.45) is 3.42. The first-order valence-corrected chi connectivity index (χ1v) is 10.1. The lowest BCUT2D eigenvalue weighted by atomic mass is 9.65. The van der Waals surface area contributed by atoms with Crippen molar-refractivity contribution in [3.8, 4) is 6.07 Å². The molecule has 0 saturated heterocycles. The van der Waals surface area contributed by atoms with Gasteiger partial charge in [-0.25, -0.2) is 4.39 Å². The molecule has 0 amide bonds. The van der Waals surface area contributed by atoms with Gasteiger partial charge in [0.05, 0.1) is 21.9 Å². The van der Waals surface area contributed by atoms with E-state index in [0.717, 1.165) is 31.4 Å². The van der Waals surface area contributed by atoms with E-state index < -0.39 is 37.8 Å². The Labute approximate surface area is 162 Å². The molecule has 2 atom stereocenters. The number of nitro groups is 1. The normalized spacial score (nSPS) is 19.4. The molecule has 0 aliphatic heterocycles. The van der Waals surface area contributed by atoms with Crippen LogP contribution in [0.3, 0.4) is 0 Å². The van der Waals surface area contributed by atoms with E-state index >= 15 is 0 Å². The average molecular weight is 396 g/mol. The van der Waals surface area contributed by atoms with Crippen LogP contribution in [0.1, 0.15) is 65.4 Å². The number of rotatable bonds is 7. The Balaban J connectivity index is 2.41. The van der Waals surface area contributed by atoms with E-state index in [1.165, 1.54) is 6.07 Å². The zero-order valence-corrected chi connectivity index (χ0v) is 17.0. The fourth-order valence-corrected chi connectivity index (χ4v) is 4.09. The summed E-state index contributed by atoms with van der Waals surface area (Å²) in [4.78, 5) is 10.6. The number of nitrogens with one attached hydrogen (secondary N) is 1. The molecule has 8 heteroatoms. The molecule has 1 aliphatic carbocycles. The van der Waals surface area contributed by atoms with Gasteiger partial charge in [0, 0.05) is 29.1 Å². The Hall–Kier alpha value is -1.69. The van der Waals surface area contributed by atoms with Gasteiger partial charge in [0.25, 0.3) is 5.69 Å². The smallest absolute Gasteiger partial charge is 0.269 e. The van der Waals surface area contributed by atoms with Gasteiger partial charge in [-0.05, 0) is 59.4 Å². The maximum atomic E-state index is 14.6. The van der Waals surface area contributed by atoms with Crippen molar-refractivity contribution in [3.63, 3.8) is 0 Å². The number of nitrogens with zero attached hydrogens (tertiary/aromatic N) is 2. The van der Waals surface area contributed by atoms with E-state index in [4.69, 9.17) is 0 Å². The number of halogens is 1. The van der Waals surface area contributed by atoms with Crippen LogP contribution in [0.2, 0.25) is 0 Å². The number of benzene rings is 1. The van der Waals surface area contributed by atoms with E-state index in [1.54, 1.807) is 27.7 Å². The topological polar surface area (TPSA) is 102 Å². The fraction of sp³-hybridized carbons (Fsp3) is 0.632. The third kappa shape index (κ3) is 4.78. The standard InChI is InChI=1S/C19H26FN3O3S/c1-17(2,3)27(26)22-18(4,10-11-19(13-21)8-5-9-19)15-12-14(23(24)25)6-7-16(15)20/h6-7,12,22H,5,8-11H2,1-4H3/t18-,27?/m0/s1. The van der Waals surface area contributed by atoms with E-state index in [-0.39, 0.29) is 11.3 Å². The second-order valence-corrected chi connectivity index (χ2v) is 10.4. The lowest BCUT2D eigenvalue weighted by Crippen LogP contribution is -2.51. The Bertz CT molecular complexity index is 756. The molecule has 1 N–H and O–H groups in total. The van der Waals surface area contributed by atoms with Crippen LogP contribution in [-0.4, -0.2) is 14.2 Å². The monoisotopic (exact) mass is 395 g/mol. The molecule has 0 aromatic heterocycles. The van der Waals surface area contributed by atoms with Gasteiger partial charge in [-0.1, -0.05) is 6.42 Å². The van der Waals surface area contributed by atoms with Crippen LogP contribution in [-0.2, 0) is 16.9 Å². The number of non-ortho nitro benzene ring substituents is 1. The Morgan fingerprint density at radius 1 is 1.37 bits per heavy atom. The molecule has 1 aliphatic rings. The summed E-state index contributed by atoms with van der Waals surface area (Å²) in [6, 6.07) is 5.74. The van der Waals surface area contributed by atoms with Crippen LogP contribution in [0.4, 0.5) is 10.1 Å². The van der Waals surface area contributed by atoms with E-state index in [1.807, 2.05) is 0 Å². The largest absolute Gasteiger partial charge is 0.598 e. The first kappa shape index (κ1) is 21.6. The molecule has 0 bridgehead atoms. The first-order valence-electron chi connectivity index (χ1n) is 8.98. The van der Waals surface area contributed by atoms with Gasteiger partial charge < -0.3 is 4.55 Å². The van der Waals surface area contributed by atoms with Gasteiger partial charge in [-0.15, -0.1) is 4.72 Å². The van der Waals surface area contributed by atoms with Crippen molar-refractivity contribution < 1.29 is 13.9 Å². The van der Waals surface area contributed by atoms with Crippen LogP contribution >= 0.6 is 0 Å². The zero-order valence-electron chi connectivity index (χ0n) is 16.2. The quantitative estimate of drug-likeness (QED) is 0.417. The van der Waals surface area contributed by atoms with Crippen molar-refractivity contribution in [2.24, 2.45) is 5.41 Å². The molecule has 0 heterocycles. The third-order valence-corrected chi connectivity index (χ3v) is 7.03. The molecule has 148 valence electrons. The number of hydrogen-bond acceptors (Lipinski definition) is 5. The molecule has 2 rings (SSSR count). The molecule has 1 fully saturated rings. The van der Waals surface area contributed by atoms with Crippen LogP contribution < -0.4 is 4.72 Å². The summed E-state index contributed by atoms with van der Waals surface area (Å²) in [6.45, 7) is 7.08. The van der Waals surface area contributed by atoms with Gasteiger partial charge in [0.15, 0.2) is 0 Å². The molecule has 1 saturated carbocycles. The highest BCUT2D eigenvalue weighted by molar-refractivity contribution is 7.90. The number of nitriles is 1. The SMILES string of the molecule is CC(C)(C)[S+]([O-])N[C@@](C)(CCC1(C#N)CCC1)c1cc([N+](=O)[O-])ccc1F. The lowest BCUT2D eigenvalue weighted by molar-refractivity contribution is -0.385. The maximum Gasteiger partial charge on any atom is 0.269 e. The highest BCUT2D eigenvalue weighted by Crippen LogP contribution is 2.47. The molecule has 0 radical (unpaired) electrons. The van der Waals surface area contributed by atoms with Gasteiger partial charge in [-0.2, -0.15) is 5.26 Å². The van der Waals surface area contributed by atoms with Gasteiger partial charge in [0.2, 0.25) is 0 Å². The maximum absolute atomic E-state index is 14.6. The molecule has 1 aromatic carbocycles. The Morgan fingerprint density at radius 3 is 2.44 bits per heavy atom. The highest BCUT2D eigenvalue weighted by atomic mass is 32.2. The van der Waals surface area contributed by atoms with Crippen LogP contribution in [0, 0.1) is 32.7 Å². The first-order chi connectivity index (χ1) is 12.4. The molecule has 0 spiro atoms. The van der Waals surface area contributed by atoms with Crippen molar-refractivity contribution in [2.75, 3.05) is 0 Å². The van der Waals surface area contributed by atoms with Gasteiger partial charge in [0.1, 0.15) is 10.6 Å². The minimum Gasteiger partial charge on any atom is -0.598 e. The molecular weight excluding hydrogens is 369 g/mol. The van der Waals surface area contributed by atoms with Crippen molar-refractivity contribution in [2.45, 2.75) is 70.1 Å². The fourth-order valence-electron chi connectivity index (χ4n) is 3.16. The third-order valence-electron chi connectivity index (χ3n) is 5.28. The van der Waals surface area contributed by atoms with Crippen LogP contribution in [0.15, 0.2) is 18.2 Å². The predicted octanol–water partition coefficient (Wildman–Crippen LogP) is 4.47. The zero-order chi connectivity index (χ0) is 20.5. The van der Waals surface area contributed by atoms with E-state index in [0.29, 0.717) is 12.8 Å². The van der Waals surface area contributed by atoms with Gasteiger partial charge in [-0.3, -0.25) is 10.1 Å². The molecular formula is C19H26FN3O3S. The summed E-state index contributed by atoms with van der Waals surface area (Å²) in [5, 5.41) is 20.6. The van der Waals surface area contributed by atoms with Crippen molar-refractivity contribution in [3.05, 3.63) is 39.7 Å². The van der Waals surface area contributed by atoms with Gasteiger partial charge >= 0.3 is 0 Å². The lowest BCUT2D eigenvalue weighted by Gasteiger charge is -2.40. The second-order valence-electron chi connectivity index (χ2n) is 8.48. The molecule has 6 nitrogen and oxygen atoms in total. The minimum atomic E-state index is -1.52. The summed E-state index contributed by atoms with van der Waals surface area (Å²) in [7, 11) is 0. The molecule has 1 aromatic rings. The Morgan fingerprint density at radius 2 is 2.00 bits per heavy atom. The molecule has 1 unspecified atom stereocenters. The van der Waals surface area contributed by atoms with E-state index in [2.05, 4.69) is 10.8 Å². The van der Waals surface area contributed by atoms with Crippen LogP contribution in [0.25, 0.3) is 0 Å². The number of nitro benzene ring substituents is 1. The van der Waals surface area contributed by atoms with Crippen molar-refractivity contribution in [1.29, 1.82) is 5.26 Å². The van der Waals surface area contributed by atoms with Crippen molar-refractivity contribution in [1.82, 2.24) is 4.72 Å². The Kier molecular flexibility index (Phi) is 6.19. The van der Waals surface area contributed by atoms with Crippen molar-refractivity contribution >= 4 is 17.0 Å². The minimum absolute atomic E-state index is 0.0988. The molecule has 27 heavy (non-hydrogen) atoms. The van der Waals surface area contributed by atoms with Crippen LogP contribution in [0.5, 0.6) is 0 Å². The summed E-state index contributed by atoms with van der Waals surface area (Å²) >= 11 is -1.52. The number of hydrogen-bond donors (Lipinski definition) is 1. The predicted molar refractivity (Wildman–Crippen MR) is 103 cm³/mol. The average Bonchev–Trinajstić information content (AvgIpc) is 2.53. The summed E-state index contributed by atoms with van der Waals surface area (Å²) in [5.74, 6) is -0.596. The highest BCUT2D eigenvalue weighted by Gasteiger charge is 2.43. The second kappa shape index (κ2) is 7.74. The summed E-state index contributed by atoms with van der Waals surface area (Å²) in [5.41, 5.74) is -1.67.